The van der Waals surface area contributed by atoms with Crippen LogP contribution in [0.5, 0.6) is 17.2 Å². The van der Waals surface area contributed by atoms with Crippen molar-refractivity contribution >= 4 is 63.6 Å². The van der Waals surface area contributed by atoms with Crippen LogP contribution in [-0.4, -0.2) is 92.0 Å². The third kappa shape index (κ3) is 9.88. The van der Waals surface area contributed by atoms with Gasteiger partial charge in [-0.3, -0.25) is 0 Å². The number of aromatic nitrogens is 5. The summed E-state index contributed by atoms with van der Waals surface area (Å²) in [6.45, 7) is -0.979. The van der Waals surface area contributed by atoms with Crippen LogP contribution >= 0.6 is 27.3 Å². The highest BCUT2D eigenvalue weighted by atomic mass is 79.9. The Morgan fingerprint density at radius 2 is 1.35 bits per heavy atom. The number of tetrazole rings is 1. The number of rotatable bonds is 18. The SMILES string of the molecule is COc1ccc(CN(Cc2ccc(OC)cc2)S(=O)(=O)c2c(S(=O)(=O)NCCNC(=O)O)ccc(-c3cccc4sc(Br)nc34)c2-c2nnn(Cc3ccc(OC)cc3)n2)cc1. The molecule has 62 heavy (non-hydrogen) atoms. The fourth-order valence-electron chi connectivity index (χ4n) is 6.58. The molecule has 7 rings (SSSR count). The Labute approximate surface area is 369 Å². The van der Waals surface area contributed by atoms with E-state index < -0.39 is 42.5 Å². The predicted molar refractivity (Wildman–Crippen MR) is 235 cm³/mol. The fourth-order valence-corrected chi connectivity index (χ4v) is 11.4. The topological polar surface area (TPSA) is 217 Å². The normalized spacial score (nSPS) is 11.8. The van der Waals surface area contributed by atoms with Gasteiger partial charge >= 0.3 is 6.09 Å². The van der Waals surface area contributed by atoms with E-state index in [1.807, 2.05) is 18.2 Å². The number of methoxy groups -OCH3 is 3. The van der Waals surface area contributed by atoms with Crippen molar-refractivity contribution in [1.29, 1.82) is 0 Å². The van der Waals surface area contributed by atoms with Crippen molar-refractivity contribution in [3.8, 4) is 39.8 Å². The third-order valence-corrected chi connectivity index (χ3v) is 14.6. The smallest absolute Gasteiger partial charge is 0.404 e. The maximum atomic E-state index is 15.9. The number of para-hydroxylation sites is 1. The number of carbonyl (C=O) groups is 1. The first-order valence-corrected chi connectivity index (χ1v) is 23.2. The quantitative estimate of drug-likeness (QED) is 0.0796. The first-order chi connectivity index (χ1) is 29.8. The molecule has 21 heteroatoms. The maximum Gasteiger partial charge on any atom is 0.404 e. The number of thiazole rings is 1. The maximum absolute atomic E-state index is 15.9. The molecule has 0 spiro atoms. The lowest BCUT2D eigenvalue weighted by atomic mass is 9.98. The van der Waals surface area contributed by atoms with Crippen LogP contribution in [0.3, 0.4) is 0 Å². The van der Waals surface area contributed by atoms with Gasteiger partial charge in [0, 0.05) is 31.7 Å². The van der Waals surface area contributed by atoms with Crippen molar-refractivity contribution in [2.45, 2.75) is 29.4 Å². The lowest BCUT2D eigenvalue weighted by Gasteiger charge is -2.26. The molecule has 0 saturated carbocycles. The molecule has 2 aromatic heterocycles. The number of halogens is 1. The molecule has 1 amide bonds. The van der Waals surface area contributed by atoms with Crippen molar-refractivity contribution in [1.82, 2.24) is 39.5 Å². The Bertz CT molecular complexity index is 2880. The molecule has 0 radical (unpaired) electrons. The summed E-state index contributed by atoms with van der Waals surface area (Å²) in [5, 5.41) is 24.6. The van der Waals surface area contributed by atoms with E-state index in [0.717, 1.165) is 10.3 Å². The minimum atomic E-state index is -4.92. The number of fused-ring (bicyclic) bond motifs is 1. The van der Waals surface area contributed by atoms with E-state index in [1.54, 1.807) is 79.9 Å². The van der Waals surface area contributed by atoms with Gasteiger partial charge in [-0.15, -0.1) is 21.5 Å². The summed E-state index contributed by atoms with van der Waals surface area (Å²) < 4.78 is 81.6. The van der Waals surface area contributed by atoms with Gasteiger partial charge < -0.3 is 24.6 Å². The fraction of sp³-hybridized carbons (Fsp3) is 0.195. The Morgan fingerprint density at radius 1 is 0.774 bits per heavy atom. The number of ether oxygens (including phenoxy) is 3. The lowest BCUT2D eigenvalue weighted by Crippen LogP contribution is -2.36. The molecule has 0 unspecified atom stereocenters. The van der Waals surface area contributed by atoms with Crippen molar-refractivity contribution in [3.05, 3.63) is 124 Å². The Morgan fingerprint density at radius 3 is 1.92 bits per heavy atom. The summed E-state index contributed by atoms with van der Waals surface area (Å²) >= 11 is 4.84. The highest BCUT2D eigenvalue weighted by molar-refractivity contribution is 9.11. The van der Waals surface area contributed by atoms with E-state index in [2.05, 4.69) is 41.4 Å². The summed E-state index contributed by atoms with van der Waals surface area (Å²) in [5.41, 5.74) is 3.02. The average Bonchev–Trinajstić information content (AvgIpc) is 3.90. The van der Waals surface area contributed by atoms with Gasteiger partial charge in [-0.05, 0) is 91.9 Å². The molecular formula is C41H39BrN8O9S3. The van der Waals surface area contributed by atoms with E-state index in [1.165, 1.54) is 46.8 Å². The minimum absolute atomic E-state index is 0.125. The van der Waals surface area contributed by atoms with E-state index in [0.29, 0.717) is 43.4 Å². The second-order valence-corrected chi connectivity index (χ2v) is 19.4. The molecule has 0 aliphatic heterocycles. The minimum Gasteiger partial charge on any atom is -0.497 e. The van der Waals surface area contributed by atoms with Crippen LogP contribution in [0.2, 0.25) is 0 Å². The molecule has 0 fully saturated rings. The number of nitrogens with one attached hydrogen (secondary N) is 2. The molecule has 0 bridgehead atoms. The molecule has 7 aromatic rings. The zero-order valence-corrected chi connectivity index (χ0v) is 37.4. The van der Waals surface area contributed by atoms with Gasteiger partial charge in [-0.25, -0.2) is 31.3 Å². The Kier molecular flexibility index (Phi) is 13.5. The van der Waals surface area contributed by atoms with Gasteiger partial charge in [-0.2, -0.15) is 9.10 Å². The van der Waals surface area contributed by atoms with Crippen LogP contribution in [-0.2, 0) is 39.7 Å². The first kappa shape index (κ1) is 44.1. The molecule has 0 saturated heterocycles. The zero-order valence-electron chi connectivity index (χ0n) is 33.3. The van der Waals surface area contributed by atoms with Crippen LogP contribution in [0.15, 0.2) is 117 Å². The van der Waals surface area contributed by atoms with E-state index >= 15 is 8.42 Å². The highest BCUT2D eigenvalue weighted by Gasteiger charge is 2.38. The van der Waals surface area contributed by atoms with Crippen LogP contribution < -0.4 is 24.2 Å². The van der Waals surface area contributed by atoms with E-state index in [9.17, 15) is 13.2 Å². The summed E-state index contributed by atoms with van der Waals surface area (Å²) in [4.78, 5) is 15.9. The molecule has 0 aliphatic rings. The molecule has 0 aliphatic carbocycles. The molecule has 0 atom stereocenters. The van der Waals surface area contributed by atoms with Crippen molar-refractivity contribution in [2.75, 3.05) is 34.4 Å². The number of benzene rings is 5. The van der Waals surface area contributed by atoms with Crippen LogP contribution in [0.25, 0.3) is 32.7 Å². The number of amides is 1. The Hall–Kier alpha value is -5.97. The van der Waals surface area contributed by atoms with Gasteiger partial charge in [0.25, 0.3) is 0 Å². The third-order valence-electron chi connectivity index (χ3n) is 9.58. The van der Waals surface area contributed by atoms with Gasteiger partial charge in [0.15, 0.2) is 3.92 Å². The molecule has 2 heterocycles. The van der Waals surface area contributed by atoms with Crippen molar-refractivity contribution in [3.63, 3.8) is 0 Å². The van der Waals surface area contributed by atoms with Crippen LogP contribution in [0, 0.1) is 0 Å². The van der Waals surface area contributed by atoms with Crippen molar-refractivity contribution < 1.29 is 40.9 Å². The van der Waals surface area contributed by atoms with Gasteiger partial charge in [0.1, 0.15) is 27.0 Å². The summed E-state index contributed by atoms with van der Waals surface area (Å²) in [6.07, 6.45) is -1.36. The Balaban J connectivity index is 1.49. The van der Waals surface area contributed by atoms with E-state index in [4.69, 9.17) is 24.3 Å². The monoisotopic (exact) mass is 962 g/mol. The number of sulfonamides is 2. The molecule has 5 aromatic carbocycles. The predicted octanol–water partition coefficient (Wildman–Crippen LogP) is 6.39. The largest absolute Gasteiger partial charge is 0.497 e. The lowest BCUT2D eigenvalue weighted by molar-refractivity contribution is 0.194. The van der Waals surface area contributed by atoms with Gasteiger partial charge in [-0.1, -0.05) is 54.6 Å². The number of carboxylic acid groups (broad SMARTS) is 1. The highest BCUT2D eigenvalue weighted by Crippen LogP contribution is 2.44. The summed E-state index contributed by atoms with van der Waals surface area (Å²) in [5.74, 6) is 1.56. The zero-order chi connectivity index (χ0) is 44.0. The van der Waals surface area contributed by atoms with Crippen molar-refractivity contribution in [2.24, 2.45) is 0 Å². The summed E-state index contributed by atoms with van der Waals surface area (Å²) in [7, 11) is -5.05. The van der Waals surface area contributed by atoms with Crippen LogP contribution in [0.1, 0.15) is 16.7 Å². The molecule has 17 nitrogen and oxygen atoms in total. The molecular weight excluding hydrogens is 925 g/mol. The number of nitrogens with zero attached hydrogens (tertiary/aromatic N) is 6. The van der Waals surface area contributed by atoms with E-state index in [-0.39, 0.29) is 43.1 Å². The van der Waals surface area contributed by atoms with Gasteiger partial charge in [0.2, 0.25) is 25.9 Å². The molecule has 322 valence electrons. The molecule has 3 N–H and O–H groups in total. The first-order valence-electron chi connectivity index (χ1n) is 18.7. The standard InChI is InChI=1S/C41H39BrN8O9S3/c1-57-29-13-7-26(8-14-29)23-49(24-27-9-15-30(58-2)16-10-27)62(55,56)38-35(61(53,54)44-22-21-43-41(51)52)20-19-32(33-5-4-6-34-37(33)45-40(42)60-34)36(38)39-46-48-50(47-39)25-28-11-17-31(59-3)18-12-28/h4-20,43-44H,21-25H2,1-3H3,(H,51,52). The van der Waals surface area contributed by atoms with Crippen LogP contribution in [0.4, 0.5) is 4.79 Å². The second-order valence-electron chi connectivity index (χ2n) is 13.5. The number of hydrogen-bond donors (Lipinski definition) is 3. The second kappa shape index (κ2) is 19.0. The average molecular weight is 964 g/mol. The number of hydrogen-bond acceptors (Lipinski definition) is 13. The van der Waals surface area contributed by atoms with Gasteiger partial charge in [0.05, 0.1) is 43.7 Å². The summed E-state index contributed by atoms with van der Waals surface area (Å²) in [6, 6.07) is 28.9.